The van der Waals surface area contributed by atoms with E-state index in [0.29, 0.717) is 43.2 Å². The van der Waals surface area contributed by atoms with Crippen LogP contribution in [0, 0.1) is 0 Å². The molecule has 0 aliphatic carbocycles. The lowest BCUT2D eigenvalue weighted by atomic mass is 10.4. The molecule has 0 aromatic carbocycles. The minimum absolute atomic E-state index is 0.0782. The van der Waals surface area contributed by atoms with E-state index >= 15 is 0 Å². The Hall–Kier alpha value is -3.01. The van der Waals surface area contributed by atoms with Crippen molar-refractivity contribution in [3.63, 3.8) is 0 Å². The fourth-order valence-electron chi connectivity index (χ4n) is 2.51. The second kappa shape index (κ2) is 7.08. The summed E-state index contributed by atoms with van der Waals surface area (Å²) in [5, 5.41) is 3.19. The number of fused-ring (bicyclic) bond motifs is 1. The van der Waals surface area contributed by atoms with Gasteiger partial charge in [-0.25, -0.2) is 4.79 Å². The Morgan fingerprint density at radius 3 is 3.08 bits per heavy atom. The van der Waals surface area contributed by atoms with E-state index in [2.05, 4.69) is 25.3 Å². The van der Waals surface area contributed by atoms with E-state index < -0.39 is 0 Å². The lowest BCUT2D eigenvalue weighted by Gasteiger charge is -2.11. The minimum Gasteiger partial charge on any atom is -0.467 e. The van der Waals surface area contributed by atoms with E-state index in [1.165, 1.54) is 0 Å². The standard InChI is InChI=1S/C15H15ClN6O4/c16-13-19-11(17-8-9-2-1-5-24-9)10-12(20-13)21-14(18-10)25-6-3-22-4-7-26-15(22)23/h1-2,5H,3-4,6-8H2,(H2,17,18,19,20,21). The molecule has 1 fully saturated rings. The van der Waals surface area contributed by atoms with E-state index in [9.17, 15) is 4.79 Å². The molecule has 26 heavy (non-hydrogen) atoms. The van der Waals surface area contributed by atoms with Gasteiger partial charge in [-0.3, -0.25) is 4.98 Å². The van der Waals surface area contributed by atoms with E-state index in [4.69, 9.17) is 25.5 Å². The van der Waals surface area contributed by atoms with Crippen LogP contribution in [0.5, 0.6) is 6.01 Å². The number of aromatic amines is 1. The molecule has 1 aliphatic rings. The highest BCUT2D eigenvalue weighted by Crippen LogP contribution is 2.23. The molecule has 0 atom stereocenters. The summed E-state index contributed by atoms with van der Waals surface area (Å²) in [6.45, 7) is 2.07. The molecule has 2 N–H and O–H groups in total. The molecule has 0 radical (unpaired) electrons. The summed E-state index contributed by atoms with van der Waals surface area (Å²) >= 11 is 5.97. The van der Waals surface area contributed by atoms with Crippen LogP contribution >= 0.6 is 11.6 Å². The van der Waals surface area contributed by atoms with Crippen LogP contribution in [0.25, 0.3) is 11.2 Å². The predicted octanol–water partition coefficient (Wildman–Crippen LogP) is 2.04. The third kappa shape index (κ3) is 3.49. The number of aromatic nitrogens is 4. The number of halogens is 1. The Labute approximate surface area is 152 Å². The number of rotatable bonds is 7. The van der Waals surface area contributed by atoms with Gasteiger partial charge in [0.2, 0.25) is 5.28 Å². The van der Waals surface area contributed by atoms with Crippen molar-refractivity contribution in [2.75, 3.05) is 31.6 Å². The van der Waals surface area contributed by atoms with Gasteiger partial charge in [-0.1, -0.05) is 0 Å². The van der Waals surface area contributed by atoms with Gasteiger partial charge in [0.1, 0.15) is 19.0 Å². The third-order valence-corrected chi connectivity index (χ3v) is 3.92. The summed E-state index contributed by atoms with van der Waals surface area (Å²) in [6.07, 6.45) is 1.26. The summed E-state index contributed by atoms with van der Waals surface area (Å²) in [7, 11) is 0. The number of cyclic esters (lactones) is 1. The summed E-state index contributed by atoms with van der Waals surface area (Å²) in [4.78, 5) is 28.5. The number of carbonyl (C=O) groups is 1. The number of imidazole rings is 1. The van der Waals surface area contributed by atoms with E-state index in [0.717, 1.165) is 5.76 Å². The fourth-order valence-corrected chi connectivity index (χ4v) is 2.68. The Morgan fingerprint density at radius 2 is 2.31 bits per heavy atom. The van der Waals surface area contributed by atoms with Crippen molar-refractivity contribution in [2.24, 2.45) is 0 Å². The molecule has 0 bridgehead atoms. The Balaban J connectivity index is 1.45. The molecule has 136 valence electrons. The number of ether oxygens (including phenoxy) is 2. The van der Waals surface area contributed by atoms with Gasteiger partial charge in [-0.2, -0.15) is 15.0 Å². The van der Waals surface area contributed by atoms with Crippen LogP contribution in [0.2, 0.25) is 5.28 Å². The zero-order valence-corrected chi connectivity index (χ0v) is 14.3. The molecule has 4 heterocycles. The van der Waals surface area contributed by atoms with Gasteiger partial charge in [-0.15, -0.1) is 0 Å². The van der Waals surface area contributed by atoms with Crippen LogP contribution < -0.4 is 10.1 Å². The highest BCUT2D eigenvalue weighted by atomic mass is 35.5. The number of anilines is 1. The van der Waals surface area contributed by atoms with Crippen molar-refractivity contribution in [3.05, 3.63) is 29.4 Å². The van der Waals surface area contributed by atoms with Gasteiger partial charge >= 0.3 is 6.09 Å². The first-order valence-corrected chi connectivity index (χ1v) is 8.31. The predicted molar refractivity (Wildman–Crippen MR) is 91.1 cm³/mol. The van der Waals surface area contributed by atoms with Crippen molar-refractivity contribution >= 4 is 34.7 Å². The number of H-pyrrole nitrogens is 1. The summed E-state index contributed by atoms with van der Waals surface area (Å²) in [6, 6.07) is 3.91. The monoisotopic (exact) mass is 378 g/mol. The maximum atomic E-state index is 11.4. The van der Waals surface area contributed by atoms with Crippen LogP contribution in [0.15, 0.2) is 22.8 Å². The van der Waals surface area contributed by atoms with E-state index in [1.807, 2.05) is 6.07 Å². The second-order valence-electron chi connectivity index (χ2n) is 5.46. The van der Waals surface area contributed by atoms with Crippen molar-refractivity contribution < 1.29 is 18.7 Å². The second-order valence-corrected chi connectivity index (χ2v) is 5.80. The highest BCUT2D eigenvalue weighted by Gasteiger charge is 2.21. The summed E-state index contributed by atoms with van der Waals surface area (Å²) in [5.41, 5.74) is 0.944. The molecule has 3 aromatic heterocycles. The lowest BCUT2D eigenvalue weighted by Crippen LogP contribution is -2.29. The maximum absolute atomic E-state index is 11.4. The molecule has 1 aliphatic heterocycles. The molecule has 11 heteroatoms. The first kappa shape index (κ1) is 16.5. The number of nitrogens with zero attached hydrogens (tertiary/aromatic N) is 4. The topological polar surface area (TPSA) is 118 Å². The molecule has 1 saturated heterocycles. The van der Waals surface area contributed by atoms with Crippen molar-refractivity contribution in [3.8, 4) is 6.01 Å². The fraction of sp³-hybridized carbons (Fsp3) is 0.333. The van der Waals surface area contributed by atoms with Crippen molar-refractivity contribution in [1.82, 2.24) is 24.8 Å². The molecular formula is C15H15ClN6O4. The SMILES string of the molecule is O=C1OCCN1CCOc1nc2c(NCc3ccco3)nc(Cl)nc2[nH]1. The van der Waals surface area contributed by atoms with Crippen LogP contribution in [0.1, 0.15) is 5.76 Å². The maximum Gasteiger partial charge on any atom is 0.410 e. The van der Waals surface area contributed by atoms with Gasteiger partial charge < -0.3 is 24.1 Å². The molecule has 0 unspecified atom stereocenters. The Morgan fingerprint density at radius 1 is 1.38 bits per heavy atom. The molecule has 0 saturated carbocycles. The quantitative estimate of drug-likeness (QED) is 0.599. The Bertz CT molecular complexity index is 912. The molecule has 10 nitrogen and oxygen atoms in total. The van der Waals surface area contributed by atoms with Crippen LogP contribution in [0.3, 0.4) is 0 Å². The molecule has 0 spiro atoms. The minimum atomic E-state index is -0.333. The lowest BCUT2D eigenvalue weighted by molar-refractivity contribution is 0.152. The van der Waals surface area contributed by atoms with Crippen LogP contribution in [-0.4, -0.2) is 57.2 Å². The number of hydrogen-bond donors (Lipinski definition) is 2. The molecule has 1 amide bonds. The first-order chi connectivity index (χ1) is 12.7. The number of furan rings is 1. The molecule has 3 aromatic rings. The van der Waals surface area contributed by atoms with E-state index in [-0.39, 0.29) is 24.0 Å². The van der Waals surface area contributed by atoms with Gasteiger partial charge in [0.25, 0.3) is 6.01 Å². The number of amides is 1. The number of hydrogen-bond acceptors (Lipinski definition) is 8. The molecule has 4 rings (SSSR count). The smallest absolute Gasteiger partial charge is 0.410 e. The molecular weight excluding hydrogens is 364 g/mol. The number of carbonyl (C=O) groups excluding carboxylic acids is 1. The summed E-state index contributed by atoms with van der Waals surface area (Å²) < 4.78 is 15.7. The van der Waals surface area contributed by atoms with Gasteiger partial charge in [0, 0.05) is 0 Å². The van der Waals surface area contributed by atoms with Crippen molar-refractivity contribution in [2.45, 2.75) is 6.54 Å². The van der Waals surface area contributed by atoms with Crippen molar-refractivity contribution in [1.29, 1.82) is 0 Å². The Kier molecular flexibility index (Phi) is 4.48. The average molecular weight is 379 g/mol. The first-order valence-electron chi connectivity index (χ1n) is 7.93. The van der Waals surface area contributed by atoms with Gasteiger partial charge in [-0.05, 0) is 23.7 Å². The summed E-state index contributed by atoms with van der Waals surface area (Å²) in [5.74, 6) is 1.21. The van der Waals surface area contributed by atoms with Gasteiger partial charge in [0.15, 0.2) is 17.0 Å². The zero-order chi connectivity index (χ0) is 17.9. The third-order valence-electron chi connectivity index (χ3n) is 3.75. The number of nitrogens with one attached hydrogen (secondary N) is 2. The highest BCUT2D eigenvalue weighted by molar-refractivity contribution is 6.28. The zero-order valence-electron chi connectivity index (χ0n) is 13.6. The van der Waals surface area contributed by atoms with E-state index in [1.54, 1.807) is 17.2 Å². The van der Waals surface area contributed by atoms with Crippen LogP contribution in [-0.2, 0) is 11.3 Å². The normalized spacial score (nSPS) is 14.0. The largest absolute Gasteiger partial charge is 0.467 e. The average Bonchev–Trinajstić information content (AvgIpc) is 3.34. The van der Waals surface area contributed by atoms with Gasteiger partial charge in [0.05, 0.1) is 25.9 Å². The van der Waals surface area contributed by atoms with Crippen LogP contribution in [0.4, 0.5) is 10.6 Å².